The van der Waals surface area contributed by atoms with Crippen molar-refractivity contribution in [1.29, 1.82) is 0 Å². The predicted molar refractivity (Wildman–Crippen MR) is 94.6 cm³/mol. The minimum absolute atomic E-state index is 0.109. The maximum Gasteiger partial charge on any atom is 0.274 e. The Morgan fingerprint density at radius 2 is 2.24 bits per heavy atom. The van der Waals surface area contributed by atoms with Crippen LogP contribution in [-0.4, -0.2) is 43.9 Å². The van der Waals surface area contributed by atoms with Crippen LogP contribution in [0.1, 0.15) is 60.4 Å². The molecule has 0 aliphatic carbocycles. The van der Waals surface area contributed by atoms with Crippen LogP contribution in [0.3, 0.4) is 0 Å². The molecule has 134 valence electrons. The van der Waals surface area contributed by atoms with Crippen molar-refractivity contribution in [2.45, 2.75) is 52.0 Å². The smallest absolute Gasteiger partial charge is 0.274 e. The first-order chi connectivity index (χ1) is 12.1. The van der Waals surface area contributed by atoms with Crippen molar-refractivity contribution >= 4 is 5.91 Å². The number of aromatic amines is 1. The first kappa shape index (κ1) is 17.4. The highest BCUT2D eigenvalue weighted by Gasteiger charge is 2.27. The molecule has 1 amide bonds. The normalized spacial score (nSPS) is 17.7. The van der Waals surface area contributed by atoms with E-state index in [1.54, 1.807) is 0 Å². The molecule has 7 heteroatoms. The fourth-order valence-corrected chi connectivity index (χ4v) is 3.24. The van der Waals surface area contributed by atoms with Crippen molar-refractivity contribution in [2.24, 2.45) is 0 Å². The number of nitrogens with one attached hydrogen (secondary N) is 1. The summed E-state index contributed by atoms with van der Waals surface area (Å²) in [6.07, 6.45) is 3.81. The Labute approximate surface area is 147 Å². The topological polar surface area (TPSA) is 83.9 Å². The number of carbonyl (C=O) groups is 1. The molecule has 1 saturated heterocycles. The van der Waals surface area contributed by atoms with Gasteiger partial charge in [0.15, 0.2) is 0 Å². The lowest BCUT2D eigenvalue weighted by Gasteiger charge is -2.31. The average Bonchev–Trinajstić information content (AvgIpc) is 3.07. The Morgan fingerprint density at radius 3 is 2.96 bits per heavy atom. The van der Waals surface area contributed by atoms with Crippen molar-refractivity contribution in [2.75, 3.05) is 13.1 Å². The third kappa shape index (κ3) is 3.97. The molecule has 1 fully saturated rings. The van der Waals surface area contributed by atoms with E-state index in [1.165, 1.54) is 16.8 Å². The summed E-state index contributed by atoms with van der Waals surface area (Å²) < 4.78 is 1.40. The highest BCUT2D eigenvalue weighted by molar-refractivity contribution is 5.92. The Bertz CT molecular complexity index is 795. The summed E-state index contributed by atoms with van der Waals surface area (Å²) in [4.78, 5) is 26.5. The van der Waals surface area contributed by atoms with E-state index >= 15 is 0 Å². The summed E-state index contributed by atoms with van der Waals surface area (Å²) in [6, 6.07) is 5.02. The van der Waals surface area contributed by atoms with Crippen molar-refractivity contribution in [3.8, 4) is 0 Å². The van der Waals surface area contributed by atoms with Gasteiger partial charge >= 0.3 is 0 Å². The van der Waals surface area contributed by atoms with Gasteiger partial charge in [0.25, 0.3) is 11.5 Å². The molecule has 25 heavy (non-hydrogen) atoms. The van der Waals surface area contributed by atoms with Crippen molar-refractivity contribution in [3.05, 3.63) is 45.6 Å². The summed E-state index contributed by atoms with van der Waals surface area (Å²) >= 11 is 0. The first-order valence-corrected chi connectivity index (χ1v) is 8.98. The molecule has 1 atom stereocenters. The summed E-state index contributed by atoms with van der Waals surface area (Å²) in [6.45, 7) is 5.94. The SMILES string of the molecule is CCCCn1nc(C(=O)N2CCC[C@@H](c3cc(C)[nH]n3)C2)ccc1=O. The number of hydrogen-bond acceptors (Lipinski definition) is 4. The van der Waals surface area contributed by atoms with Gasteiger partial charge in [-0.25, -0.2) is 4.68 Å². The minimum Gasteiger partial charge on any atom is -0.337 e. The van der Waals surface area contributed by atoms with E-state index in [2.05, 4.69) is 22.2 Å². The number of carbonyl (C=O) groups excluding carboxylic acids is 1. The highest BCUT2D eigenvalue weighted by Crippen LogP contribution is 2.26. The molecule has 0 aromatic carbocycles. The molecule has 3 rings (SSSR count). The van der Waals surface area contributed by atoms with Gasteiger partial charge in [-0.2, -0.15) is 10.2 Å². The quantitative estimate of drug-likeness (QED) is 0.901. The maximum atomic E-state index is 12.8. The van der Waals surface area contributed by atoms with E-state index in [9.17, 15) is 9.59 Å². The standard InChI is InChI=1S/C18H25N5O2/c1-3-4-10-23-17(24)8-7-15(21-23)18(25)22-9-5-6-14(12-22)16-11-13(2)19-20-16/h7-8,11,14H,3-6,9-10,12H2,1-2H3,(H,19,20)/t14-/m1/s1. The van der Waals surface area contributed by atoms with Crippen LogP contribution >= 0.6 is 0 Å². The summed E-state index contributed by atoms with van der Waals surface area (Å²) in [5.41, 5.74) is 2.22. The monoisotopic (exact) mass is 343 g/mol. The number of amides is 1. The van der Waals surface area contributed by atoms with Crippen LogP contribution in [0.4, 0.5) is 0 Å². The lowest BCUT2D eigenvalue weighted by molar-refractivity contribution is 0.0697. The second kappa shape index (κ2) is 7.63. The van der Waals surface area contributed by atoms with Crippen LogP contribution in [0.2, 0.25) is 0 Å². The molecule has 7 nitrogen and oxygen atoms in total. The molecule has 3 heterocycles. The fraction of sp³-hybridized carbons (Fsp3) is 0.556. The highest BCUT2D eigenvalue weighted by atomic mass is 16.2. The van der Waals surface area contributed by atoms with Gasteiger partial charge in [-0.05, 0) is 38.3 Å². The van der Waals surface area contributed by atoms with Gasteiger partial charge in [0.05, 0.1) is 5.69 Å². The van der Waals surface area contributed by atoms with E-state index in [0.717, 1.165) is 37.1 Å². The summed E-state index contributed by atoms with van der Waals surface area (Å²) in [5.74, 6) is 0.135. The number of likely N-dealkylation sites (tertiary alicyclic amines) is 1. The number of rotatable bonds is 5. The Balaban J connectivity index is 1.75. The van der Waals surface area contributed by atoms with Gasteiger partial charge in [-0.1, -0.05) is 13.3 Å². The molecule has 1 N–H and O–H groups in total. The van der Waals surface area contributed by atoms with Crippen LogP contribution in [0, 0.1) is 6.92 Å². The number of hydrogen-bond donors (Lipinski definition) is 1. The predicted octanol–water partition coefficient (Wildman–Crippen LogP) is 2.09. The van der Waals surface area contributed by atoms with Crippen LogP contribution in [0.5, 0.6) is 0 Å². The number of piperidine rings is 1. The number of nitrogens with zero attached hydrogens (tertiary/aromatic N) is 4. The molecule has 1 aliphatic rings. The first-order valence-electron chi connectivity index (χ1n) is 8.98. The van der Waals surface area contributed by atoms with E-state index in [1.807, 2.05) is 17.9 Å². The Hall–Kier alpha value is -2.44. The zero-order valence-electron chi connectivity index (χ0n) is 14.9. The fourth-order valence-electron chi connectivity index (χ4n) is 3.24. The van der Waals surface area contributed by atoms with E-state index in [4.69, 9.17) is 0 Å². The minimum atomic E-state index is -0.159. The van der Waals surface area contributed by atoms with Crippen molar-refractivity contribution < 1.29 is 4.79 Å². The molecule has 1 aliphatic heterocycles. The van der Waals surface area contributed by atoms with Crippen LogP contribution in [0.25, 0.3) is 0 Å². The molecule has 0 radical (unpaired) electrons. The largest absolute Gasteiger partial charge is 0.337 e. The zero-order chi connectivity index (χ0) is 17.8. The second-order valence-electron chi connectivity index (χ2n) is 6.70. The van der Waals surface area contributed by atoms with Crippen LogP contribution < -0.4 is 5.56 Å². The summed E-state index contributed by atoms with van der Waals surface area (Å²) in [5, 5.41) is 11.6. The Morgan fingerprint density at radius 1 is 1.40 bits per heavy atom. The van der Waals surface area contributed by atoms with Crippen molar-refractivity contribution in [3.63, 3.8) is 0 Å². The second-order valence-corrected chi connectivity index (χ2v) is 6.70. The molecule has 2 aromatic rings. The lowest BCUT2D eigenvalue weighted by atomic mass is 9.94. The number of aromatic nitrogens is 4. The zero-order valence-corrected chi connectivity index (χ0v) is 14.9. The lowest BCUT2D eigenvalue weighted by Crippen LogP contribution is -2.40. The van der Waals surface area contributed by atoms with Gasteiger partial charge in [0, 0.05) is 37.3 Å². The van der Waals surface area contributed by atoms with Gasteiger partial charge in [0.1, 0.15) is 5.69 Å². The number of unbranched alkanes of at least 4 members (excludes halogenated alkanes) is 1. The van der Waals surface area contributed by atoms with Gasteiger partial charge in [-0.15, -0.1) is 0 Å². The summed E-state index contributed by atoms with van der Waals surface area (Å²) in [7, 11) is 0. The maximum absolute atomic E-state index is 12.8. The molecule has 0 unspecified atom stereocenters. The van der Waals surface area contributed by atoms with E-state index in [0.29, 0.717) is 25.3 Å². The molecule has 0 bridgehead atoms. The molecular weight excluding hydrogens is 318 g/mol. The number of H-pyrrole nitrogens is 1. The average molecular weight is 343 g/mol. The third-order valence-electron chi connectivity index (χ3n) is 4.66. The molecule has 0 spiro atoms. The molecule has 0 saturated carbocycles. The van der Waals surface area contributed by atoms with Gasteiger partial charge in [0.2, 0.25) is 0 Å². The van der Waals surface area contributed by atoms with Crippen molar-refractivity contribution in [1.82, 2.24) is 24.9 Å². The third-order valence-corrected chi connectivity index (χ3v) is 4.66. The van der Waals surface area contributed by atoms with Gasteiger partial charge < -0.3 is 4.90 Å². The van der Waals surface area contributed by atoms with E-state index < -0.39 is 0 Å². The van der Waals surface area contributed by atoms with Crippen LogP contribution in [0.15, 0.2) is 23.0 Å². The molecule has 2 aromatic heterocycles. The van der Waals surface area contributed by atoms with Crippen LogP contribution in [-0.2, 0) is 6.54 Å². The Kier molecular flexibility index (Phi) is 5.31. The van der Waals surface area contributed by atoms with E-state index in [-0.39, 0.29) is 17.4 Å². The van der Waals surface area contributed by atoms with Gasteiger partial charge in [-0.3, -0.25) is 14.7 Å². The number of aryl methyl sites for hydroxylation is 2. The molecular formula is C18H25N5O2.